The van der Waals surface area contributed by atoms with Crippen molar-refractivity contribution in [3.63, 3.8) is 0 Å². The fourth-order valence-electron chi connectivity index (χ4n) is 2.86. The topological polar surface area (TPSA) is 15.3 Å². The summed E-state index contributed by atoms with van der Waals surface area (Å²) in [5.74, 6) is 0.870. The maximum Gasteiger partial charge on any atom is 0.0237 e. The Morgan fingerprint density at radius 2 is 2.38 bits per heavy atom. The largest absolute Gasteiger partial charge is 0.315 e. The SMILES string of the molecule is C=C/C=C(\C=C/C)CN1CC2CNCC1C2. The van der Waals surface area contributed by atoms with Crippen LogP contribution in [0, 0.1) is 5.92 Å². The first-order chi connectivity index (χ1) is 7.83. The molecule has 2 unspecified atom stereocenters. The first kappa shape index (κ1) is 11.6. The molecule has 16 heavy (non-hydrogen) atoms. The highest BCUT2D eigenvalue weighted by atomic mass is 15.2. The third-order valence-electron chi connectivity index (χ3n) is 3.53. The molecule has 88 valence electrons. The van der Waals surface area contributed by atoms with Gasteiger partial charge in [0, 0.05) is 25.7 Å². The molecular formula is C14H22N2. The average molecular weight is 218 g/mol. The summed E-state index contributed by atoms with van der Waals surface area (Å²) in [6.07, 6.45) is 9.68. The van der Waals surface area contributed by atoms with Crippen molar-refractivity contribution < 1.29 is 0 Å². The van der Waals surface area contributed by atoms with Crippen LogP contribution in [-0.2, 0) is 0 Å². The molecule has 0 aliphatic carbocycles. The minimum Gasteiger partial charge on any atom is -0.315 e. The van der Waals surface area contributed by atoms with Crippen LogP contribution in [0.25, 0.3) is 0 Å². The number of likely N-dealkylation sites (tertiary alicyclic amines) is 1. The summed E-state index contributed by atoms with van der Waals surface area (Å²) in [5.41, 5.74) is 1.37. The van der Waals surface area contributed by atoms with Crippen molar-refractivity contribution in [1.82, 2.24) is 10.2 Å². The molecule has 2 bridgehead atoms. The Balaban J connectivity index is 1.98. The number of hydrogen-bond acceptors (Lipinski definition) is 2. The molecule has 2 saturated heterocycles. The van der Waals surface area contributed by atoms with Crippen molar-refractivity contribution in [1.29, 1.82) is 0 Å². The van der Waals surface area contributed by atoms with E-state index in [1.165, 1.54) is 25.1 Å². The quantitative estimate of drug-likeness (QED) is 0.726. The Morgan fingerprint density at radius 3 is 3.06 bits per heavy atom. The summed E-state index contributed by atoms with van der Waals surface area (Å²) in [7, 11) is 0. The summed E-state index contributed by atoms with van der Waals surface area (Å²) < 4.78 is 0. The average Bonchev–Trinajstić information content (AvgIpc) is 2.54. The van der Waals surface area contributed by atoms with E-state index in [1.54, 1.807) is 0 Å². The standard InChI is InChI=1S/C14H22N2/c1-3-5-12(6-4-2)10-16-11-13-7-14(16)9-15-8-13/h3-6,13-15H,1,7-11H2,2H3/b6-4-,12-5+. The van der Waals surface area contributed by atoms with Gasteiger partial charge in [-0.25, -0.2) is 0 Å². The van der Waals surface area contributed by atoms with E-state index in [1.807, 2.05) is 6.08 Å². The molecule has 2 aliphatic rings. The van der Waals surface area contributed by atoms with Crippen LogP contribution in [0.5, 0.6) is 0 Å². The van der Waals surface area contributed by atoms with Gasteiger partial charge in [-0.1, -0.05) is 30.9 Å². The van der Waals surface area contributed by atoms with Gasteiger partial charge in [0.2, 0.25) is 0 Å². The number of nitrogens with zero attached hydrogens (tertiary/aromatic N) is 1. The smallest absolute Gasteiger partial charge is 0.0237 e. The lowest BCUT2D eigenvalue weighted by Gasteiger charge is -2.25. The van der Waals surface area contributed by atoms with Crippen molar-refractivity contribution in [2.24, 2.45) is 5.92 Å². The molecule has 2 heterocycles. The Morgan fingerprint density at radius 1 is 1.50 bits per heavy atom. The molecule has 0 spiro atoms. The molecule has 0 aromatic rings. The molecule has 0 aromatic heterocycles. The first-order valence-corrected chi connectivity index (χ1v) is 6.22. The van der Waals surface area contributed by atoms with E-state index in [9.17, 15) is 0 Å². The van der Waals surface area contributed by atoms with Crippen LogP contribution in [0.4, 0.5) is 0 Å². The monoisotopic (exact) mass is 218 g/mol. The van der Waals surface area contributed by atoms with Crippen LogP contribution in [0.3, 0.4) is 0 Å². The second-order valence-electron chi connectivity index (χ2n) is 4.82. The van der Waals surface area contributed by atoms with Gasteiger partial charge >= 0.3 is 0 Å². The van der Waals surface area contributed by atoms with Crippen molar-refractivity contribution in [2.45, 2.75) is 19.4 Å². The van der Waals surface area contributed by atoms with Crippen molar-refractivity contribution in [3.05, 3.63) is 36.5 Å². The van der Waals surface area contributed by atoms with Crippen molar-refractivity contribution in [2.75, 3.05) is 26.2 Å². The number of piperidine rings is 1. The van der Waals surface area contributed by atoms with Crippen LogP contribution in [0.2, 0.25) is 0 Å². The van der Waals surface area contributed by atoms with Gasteiger partial charge in [0.15, 0.2) is 0 Å². The van der Waals surface area contributed by atoms with Crippen LogP contribution in [0.1, 0.15) is 13.3 Å². The zero-order valence-corrected chi connectivity index (χ0v) is 10.2. The van der Waals surface area contributed by atoms with Gasteiger partial charge in [-0.05, 0) is 31.4 Å². The molecule has 2 heteroatoms. The van der Waals surface area contributed by atoms with Gasteiger partial charge in [-0.15, -0.1) is 0 Å². The fraction of sp³-hybridized carbons (Fsp3) is 0.571. The zero-order valence-electron chi connectivity index (χ0n) is 10.2. The molecule has 2 atom stereocenters. The molecular weight excluding hydrogens is 196 g/mol. The maximum atomic E-state index is 3.78. The number of hydrogen-bond donors (Lipinski definition) is 1. The molecule has 0 radical (unpaired) electrons. The van der Waals surface area contributed by atoms with Crippen LogP contribution in [-0.4, -0.2) is 37.1 Å². The normalized spacial score (nSPS) is 31.2. The Kier molecular flexibility index (Phi) is 3.97. The number of fused-ring (bicyclic) bond motifs is 2. The summed E-state index contributed by atoms with van der Waals surface area (Å²) in [5, 5.41) is 3.51. The maximum absolute atomic E-state index is 3.78. The second kappa shape index (κ2) is 5.46. The minimum absolute atomic E-state index is 0.747. The molecule has 1 N–H and O–H groups in total. The highest BCUT2D eigenvalue weighted by molar-refractivity contribution is 5.24. The third-order valence-corrected chi connectivity index (χ3v) is 3.53. The number of allylic oxidation sites excluding steroid dienone is 3. The van der Waals surface area contributed by atoms with Crippen LogP contribution in [0.15, 0.2) is 36.5 Å². The lowest BCUT2D eigenvalue weighted by atomic mass is 10.0. The molecule has 0 amide bonds. The van der Waals surface area contributed by atoms with Crippen molar-refractivity contribution in [3.8, 4) is 0 Å². The van der Waals surface area contributed by atoms with Gasteiger partial charge in [0.05, 0.1) is 0 Å². The molecule has 0 saturated carbocycles. The van der Waals surface area contributed by atoms with E-state index < -0.39 is 0 Å². The molecule has 2 aliphatic heterocycles. The zero-order chi connectivity index (χ0) is 11.4. The van der Waals surface area contributed by atoms with Crippen LogP contribution < -0.4 is 5.32 Å². The molecule has 2 nitrogen and oxygen atoms in total. The summed E-state index contributed by atoms with van der Waals surface area (Å²) in [6, 6.07) is 0.747. The highest BCUT2D eigenvalue weighted by Crippen LogP contribution is 2.26. The van der Waals surface area contributed by atoms with Gasteiger partial charge in [0.25, 0.3) is 0 Å². The third kappa shape index (κ3) is 2.63. The number of rotatable bonds is 4. The predicted molar refractivity (Wildman–Crippen MR) is 69.4 cm³/mol. The van der Waals surface area contributed by atoms with Crippen molar-refractivity contribution >= 4 is 0 Å². The molecule has 2 rings (SSSR count). The van der Waals surface area contributed by atoms with E-state index in [-0.39, 0.29) is 0 Å². The van der Waals surface area contributed by atoms with Crippen LogP contribution >= 0.6 is 0 Å². The Labute approximate surface area is 98.7 Å². The number of nitrogens with one attached hydrogen (secondary N) is 1. The van der Waals surface area contributed by atoms with Gasteiger partial charge in [-0.2, -0.15) is 0 Å². The van der Waals surface area contributed by atoms with E-state index in [2.05, 4.69) is 41.9 Å². The first-order valence-electron chi connectivity index (χ1n) is 6.22. The summed E-state index contributed by atoms with van der Waals surface area (Å²) in [4.78, 5) is 2.61. The lowest BCUT2D eigenvalue weighted by molar-refractivity contribution is 0.276. The van der Waals surface area contributed by atoms with E-state index in [4.69, 9.17) is 0 Å². The summed E-state index contributed by atoms with van der Waals surface area (Å²) in [6.45, 7) is 10.5. The van der Waals surface area contributed by atoms with E-state index in [0.29, 0.717) is 0 Å². The minimum atomic E-state index is 0.747. The van der Waals surface area contributed by atoms with Gasteiger partial charge in [0.1, 0.15) is 0 Å². The molecule has 2 fully saturated rings. The van der Waals surface area contributed by atoms with E-state index in [0.717, 1.165) is 25.0 Å². The van der Waals surface area contributed by atoms with Gasteiger partial charge < -0.3 is 5.32 Å². The lowest BCUT2D eigenvalue weighted by Crippen LogP contribution is -2.39. The Hall–Kier alpha value is -0.860. The Bertz CT molecular complexity index is 304. The predicted octanol–water partition coefficient (Wildman–Crippen LogP) is 1.97. The fourth-order valence-corrected chi connectivity index (χ4v) is 2.86. The molecule has 0 aromatic carbocycles. The van der Waals surface area contributed by atoms with Gasteiger partial charge in [-0.3, -0.25) is 4.90 Å². The summed E-state index contributed by atoms with van der Waals surface area (Å²) >= 11 is 0. The van der Waals surface area contributed by atoms with E-state index >= 15 is 0 Å². The second-order valence-corrected chi connectivity index (χ2v) is 4.82. The highest BCUT2D eigenvalue weighted by Gasteiger charge is 2.34.